The van der Waals surface area contributed by atoms with Crippen molar-refractivity contribution in [3.05, 3.63) is 82.4 Å². The number of fused-ring (bicyclic) bond motifs is 1. The number of amides is 3. The minimum Gasteiger partial charge on any atom is -0.321 e. The second kappa shape index (κ2) is 9.14. The van der Waals surface area contributed by atoms with Crippen LogP contribution in [0.3, 0.4) is 0 Å². The van der Waals surface area contributed by atoms with Crippen LogP contribution in [0.5, 0.6) is 0 Å². The second-order valence-corrected chi connectivity index (χ2v) is 8.53. The minimum absolute atomic E-state index is 0.141. The maximum absolute atomic E-state index is 13.0. The third-order valence-electron chi connectivity index (χ3n) is 5.08. The number of anilines is 3. The molecular formula is C24H19F3N4O2S. The largest absolute Gasteiger partial charge is 0.433 e. The Morgan fingerprint density at radius 1 is 0.882 bits per heavy atom. The van der Waals surface area contributed by atoms with Gasteiger partial charge in [0.1, 0.15) is 10.5 Å². The van der Waals surface area contributed by atoms with Gasteiger partial charge in [-0.3, -0.25) is 4.79 Å². The Labute approximate surface area is 196 Å². The summed E-state index contributed by atoms with van der Waals surface area (Å²) in [5.41, 5.74) is 1.84. The summed E-state index contributed by atoms with van der Waals surface area (Å²) in [6.45, 7) is 3.46. The molecule has 0 aliphatic heterocycles. The zero-order chi connectivity index (χ0) is 24.5. The molecule has 0 saturated heterocycles. The summed E-state index contributed by atoms with van der Waals surface area (Å²) in [5, 5.41) is 8.69. The van der Waals surface area contributed by atoms with Crippen molar-refractivity contribution in [2.45, 2.75) is 20.0 Å². The van der Waals surface area contributed by atoms with E-state index in [1.54, 1.807) is 56.3 Å². The highest BCUT2D eigenvalue weighted by atomic mass is 32.1. The van der Waals surface area contributed by atoms with E-state index in [0.717, 1.165) is 23.0 Å². The van der Waals surface area contributed by atoms with Gasteiger partial charge in [-0.2, -0.15) is 13.2 Å². The lowest BCUT2D eigenvalue weighted by Crippen LogP contribution is -2.19. The number of thiophene rings is 1. The fourth-order valence-corrected chi connectivity index (χ4v) is 4.38. The predicted molar refractivity (Wildman–Crippen MR) is 128 cm³/mol. The first-order valence-electron chi connectivity index (χ1n) is 10.1. The molecule has 174 valence electrons. The van der Waals surface area contributed by atoms with E-state index in [4.69, 9.17) is 0 Å². The lowest BCUT2D eigenvalue weighted by molar-refractivity contribution is -0.140. The molecule has 3 amide bonds. The number of benzene rings is 2. The van der Waals surface area contributed by atoms with Gasteiger partial charge in [-0.1, -0.05) is 24.3 Å². The number of alkyl halides is 3. The summed E-state index contributed by atoms with van der Waals surface area (Å²) in [4.78, 5) is 29.3. The standard InChI is InChI=1S/C24H19F3N4O2S/c1-13-8-9-16(29-23(33)28-15-6-4-3-5-7-15)12-18(13)30-21(32)20-14(2)17-10-11-19(24(25,26)27)31-22(17)34-20/h3-12H,1-2H3,(H,30,32)(H2,28,29,33). The molecule has 4 aromatic rings. The van der Waals surface area contributed by atoms with Gasteiger partial charge in [-0.05, 0) is 61.4 Å². The van der Waals surface area contributed by atoms with Gasteiger partial charge in [0.25, 0.3) is 5.91 Å². The Morgan fingerprint density at radius 2 is 1.59 bits per heavy atom. The third-order valence-corrected chi connectivity index (χ3v) is 6.28. The summed E-state index contributed by atoms with van der Waals surface area (Å²) in [7, 11) is 0. The first-order valence-corrected chi connectivity index (χ1v) is 11.0. The molecule has 34 heavy (non-hydrogen) atoms. The third kappa shape index (κ3) is 5.01. The summed E-state index contributed by atoms with van der Waals surface area (Å²) >= 11 is 0.901. The summed E-state index contributed by atoms with van der Waals surface area (Å²) in [6.07, 6.45) is -4.56. The van der Waals surface area contributed by atoms with Crippen molar-refractivity contribution < 1.29 is 22.8 Å². The van der Waals surface area contributed by atoms with E-state index in [1.807, 2.05) is 6.07 Å². The van der Waals surface area contributed by atoms with E-state index in [0.29, 0.717) is 28.0 Å². The van der Waals surface area contributed by atoms with Gasteiger partial charge in [0.15, 0.2) is 0 Å². The molecule has 0 fully saturated rings. The SMILES string of the molecule is Cc1ccc(NC(=O)Nc2ccccc2)cc1NC(=O)c1sc2nc(C(F)(F)F)ccc2c1C. The molecule has 2 heterocycles. The van der Waals surface area contributed by atoms with Crippen molar-refractivity contribution in [1.82, 2.24) is 4.98 Å². The van der Waals surface area contributed by atoms with Crippen molar-refractivity contribution in [2.24, 2.45) is 0 Å². The van der Waals surface area contributed by atoms with Crippen LogP contribution in [0.25, 0.3) is 10.2 Å². The number of nitrogens with one attached hydrogen (secondary N) is 3. The molecular weight excluding hydrogens is 465 g/mol. The van der Waals surface area contributed by atoms with Crippen molar-refractivity contribution in [3.8, 4) is 0 Å². The zero-order valence-electron chi connectivity index (χ0n) is 18.1. The van der Waals surface area contributed by atoms with Crippen molar-refractivity contribution in [2.75, 3.05) is 16.0 Å². The molecule has 2 aromatic carbocycles. The van der Waals surface area contributed by atoms with Gasteiger partial charge >= 0.3 is 12.2 Å². The average Bonchev–Trinajstić information content (AvgIpc) is 3.12. The van der Waals surface area contributed by atoms with E-state index >= 15 is 0 Å². The van der Waals surface area contributed by atoms with Crippen LogP contribution in [-0.2, 0) is 6.18 Å². The molecule has 0 unspecified atom stereocenters. The van der Waals surface area contributed by atoms with Crippen molar-refractivity contribution >= 4 is 50.6 Å². The Morgan fingerprint density at radius 3 is 2.29 bits per heavy atom. The van der Waals surface area contributed by atoms with Crippen LogP contribution in [0.15, 0.2) is 60.7 Å². The van der Waals surface area contributed by atoms with Crippen LogP contribution in [0.4, 0.5) is 35.0 Å². The number of hydrogen-bond acceptors (Lipinski definition) is 4. The summed E-state index contributed by atoms with van der Waals surface area (Å²) in [5.74, 6) is -0.469. The lowest BCUT2D eigenvalue weighted by Gasteiger charge is -2.12. The van der Waals surface area contributed by atoms with Gasteiger partial charge in [0.05, 0.1) is 4.88 Å². The van der Waals surface area contributed by atoms with Crippen LogP contribution in [0.1, 0.15) is 26.5 Å². The van der Waals surface area contributed by atoms with E-state index in [1.165, 1.54) is 6.07 Å². The number of urea groups is 1. The minimum atomic E-state index is -4.56. The first-order chi connectivity index (χ1) is 16.1. The number of pyridine rings is 1. The highest BCUT2D eigenvalue weighted by molar-refractivity contribution is 7.20. The molecule has 0 aliphatic rings. The fourth-order valence-electron chi connectivity index (χ4n) is 3.30. The fraction of sp³-hybridized carbons (Fsp3) is 0.125. The number of carbonyl (C=O) groups excluding carboxylic acids is 2. The molecule has 0 aliphatic carbocycles. The molecule has 10 heteroatoms. The van der Waals surface area contributed by atoms with Gasteiger partial charge in [-0.15, -0.1) is 11.3 Å². The monoisotopic (exact) mass is 484 g/mol. The van der Waals surface area contributed by atoms with Crippen molar-refractivity contribution in [3.63, 3.8) is 0 Å². The van der Waals surface area contributed by atoms with Crippen LogP contribution in [0.2, 0.25) is 0 Å². The maximum Gasteiger partial charge on any atom is 0.433 e. The number of para-hydroxylation sites is 1. The molecule has 0 radical (unpaired) electrons. The number of aryl methyl sites for hydroxylation is 2. The molecule has 0 atom stereocenters. The zero-order valence-corrected chi connectivity index (χ0v) is 18.9. The average molecular weight is 485 g/mol. The van der Waals surface area contributed by atoms with Crippen LogP contribution in [-0.4, -0.2) is 16.9 Å². The van der Waals surface area contributed by atoms with Gasteiger partial charge in [0.2, 0.25) is 0 Å². The van der Waals surface area contributed by atoms with Crippen LogP contribution >= 0.6 is 11.3 Å². The van der Waals surface area contributed by atoms with Crippen LogP contribution in [0, 0.1) is 13.8 Å². The molecule has 4 rings (SSSR count). The second-order valence-electron chi connectivity index (χ2n) is 7.53. The van der Waals surface area contributed by atoms with Gasteiger partial charge < -0.3 is 16.0 Å². The van der Waals surface area contributed by atoms with E-state index < -0.39 is 23.8 Å². The van der Waals surface area contributed by atoms with Crippen molar-refractivity contribution in [1.29, 1.82) is 0 Å². The normalized spacial score (nSPS) is 11.3. The van der Waals surface area contributed by atoms with E-state index in [2.05, 4.69) is 20.9 Å². The Hall–Kier alpha value is -3.92. The smallest absolute Gasteiger partial charge is 0.321 e. The maximum atomic E-state index is 13.0. The number of nitrogens with zero attached hydrogens (tertiary/aromatic N) is 1. The van der Waals surface area contributed by atoms with Crippen LogP contribution < -0.4 is 16.0 Å². The molecule has 6 nitrogen and oxygen atoms in total. The molecule has 3 N–H and O–H groups in total. The highest BCUT2D eigenvalue weighted by Gasteiger charge is 2.33. The number of aromatic nitrogens is 1. The molecule has 0 saturated carbocycles. The summed E-state index contributed by atoms with van der Waals surface area (Å²) < 4.78 is 39.0. The number of hydrogen-bond donors (Lipinski definition) is 3. The Balaban J connectivity index is 1.53. The topological polar surface area (TPSA) is 83.1 Å². The number of halogens is 3. The summed E-state index contributed by atoms with van der Waals surface area (Å²) in [6, 6.07) is 15.8. The van der Waals surface area contributed by atoms with Gasteiger partial charge in [-0.25, -0.2) is 9.78 Å². The highest BCUT2D eigenvalue weighted by Crippen LogP contribution is 2.34. The number of carbonyl (C=O) groups is 2. The Bertz CT molecular complexity index is 1380. The van der Waals surface area contributed by atoms with Gasteiger partial charge in [0, 0.05) is 22.4 Å². The number of rotatable bonds is 4. The molecule has 2 aromatic heterocycles. The Kier molecular flexibility index (Phi) is 6.25. The quantitative estimate of drug-likeness (QED) is 0.297. The lowest BCUT2D eigenvalue weighted by atomic mass is 10.1. The first kappa shape index (κ1) is 23.2. The molecule has 0 bridgehead atoms. The van der Waals surface area contributed by atoms with E-state index in [-0.39, 0.29) is 9.71 Å². The molecule has 0 spiro atoms. The predicted octanol–water partition coefficient (Wildman–Crippen LogP) is 6.83. The van der Waals surface area contributed by atoms with E-state index in [9.17, 15) is 22.8 Å².